The van der Waals surface area contributed by atoms with Gasteiger partial charge in [-0.05, 0) is 36.1 Å². The maximum atomic E-state index is 5.10. The molecular formula is C16H21NO. The Balaban J connectivity index is 2.07. The first-order valence-electron chi connectivity index (χ1n) is 6.36. The van der Waals surface area contributed by atoms with Crippen LogP contribution in [0.25, 0.3) is 0 Å². The highest BCUT2D eigenvalue weighted by molar-refractivity contribution is 5.47. The molecule has 1 aromatic heterocycles. The molecule has 0 bridgehead atoms. The molecule has 2 heteroatoms. The molecule has 0 radical (unpaired) electrons. The molecule has 0 aliphatic heterocycles. The number of anilines is 1. The monoisotopic (exact) mass is 243 g/mol. The van der Waals surface area contributed by atoms with Crippen molar-refractivity contribution in [2.45, 2.75) is 39.2 Å². The SMILES string of the molecule is CC(Nc1ccc(C(C)(C)C)cc1)c1ccoc1. The second kappa shape index (κ2) is 4.89. The first kappa shape index (κ1) is 12.7. The highest BCUT2D eigenvalue weighted by atomic mass is 16.3. The van der Waals surface area contributed by atoms with Crippen molar-refractivity contribution in [2.24, 2.45) is 0 Å². The minimum absolute atomic E-state index is 0.203. The van der Waals surface area contributed by atoms with Gasteiger partial charge in [0.25, 0.3) is 0 Å². The van der Waals surface area contributed by atoms with Crippen LogP contribution in [0.5, 0.6) is 0 Å². The lowest BCUT2D eigenvalue weighted by molar-refractivity contribution is 0.562. The fraction of sp³-hybridized carbons (Fsp3) is 0.375. The number of furan rings is 1. The van der Waals surface area contributed by atoms with Crippen molar-refractivity contribution in [1.82, 2.24) is 0 Å². The summed E-state index contributed by atoms with van der Waals surface area (Å²) >= 11 is 0. The summed E-state index contributed by atoms with van der Waals surface area (Å²) < 4.78 is 5.10. The summed E-state index contributed by atoms with van der Waals surface area (Å²) in [6.45, 7) is 8.80. The van der Waals surface area contributed by atoms with Gasteiger partial charge in [-0.1, -0.05) is 32.9 Å². The molecule has 96 valence electrons. The normalized spacial score (nSPS) is 13.3. The number of hydrogen-bond donors (Lipinski definition) is 1. The van der Waals surface area contributed by atoms with Crippen molar-refractivity contribution in [3.05, 3.63) is 54.0 Å². The van der Waals surface area contributed by atoms with Crippen molar-refractivity contribution in [3.63, 3.8) is 0 Å². The van der Waals surface area contributed by atoms with Crippen LogP contribution in [0.15, 0.2) is 47.3 Å². The maximum Gasteiger partial charge on any atom is 0.0955 e. The van der Waals surface area contributed by atoms with Crippen LogP contribution in [0.2, 0.25) is 0 Å². The molecule has 1 heterocycles. The minimum atomic E-state index is 0.203. The summed E-state index contributed by atoms with van der Waals surface area (Å²) in [6, 6.07) is 10.9. The van der Waals surface area contributed by atoms with Crippen LogP contribution in [0.1, 0.15) is 44.9 Å². The zero-order chi connectivity index (χ0) is 13.2. The van der Waals surface area contributed by atoms with Crippen molar-refractivity contribution in [1.29, 1.82) is 0 Å². The van der Waals surface area contributed by atoms with Gasteiger partial charge in [0.15, 0.2) is 0 Å². The topological polar surface area (TPSA) is 25.2 Å². The van der Waals surface area contributed by atoms with Crippen molar-refractivity contribution >= 4 is 5.69 Å². The molecule has 1 aromatic carbocycles. The molecule has 18 heavy (non-hydrogen) atoms. The van der Waals surface area contributed by atoms with E-state index in [2.05, 4.69) is 57.3 Å². The van der Waals surface area contributed by atoms with E-state index in [0.717, 1.165) is 11.3 Å². The van der Waals surface area contributed by atoms with Gasteiger partial charge in [-0.15, -0.1) is 0 Å². The molecule has 2 aromatic rings. The molecule has 1 N–H and O–H groups in total. The van der Waals surface area contributed by atoms with Crippen molar-refractivity contribution in [3.8, 4) is 0 Å². The zero-order valence-electron chi connectivity index (χ0n) is 11.5. The standard InChI is InChI=1S/C16H21NO/c1-12(13-9-10-18-11-13)17-15-7-5-14(6-8-15)16(2,3)4/h5-12,17H,1-4H3. The first-order chi connectivity index (χ1) is 8.47. The van der Waals surface area contributed by atoms with E-state index in [1.165, 1.54) is 5.56 Å². The molecule has 2 nitrogen and oxygen atoms in total. The summed E-state index contributed by atoms with van der Waals surface area (Å²) in [5.74, 6) is 0. The van der Waals surface area contributed by atoms with Gasteiger partial charge < -0.3 is 9.73 Å². The predicted octanol–water partition coefficient (Wildman–Crippen LogP) is 4.75. The number of rotatable bonds is 3. The van der Waals surface area contributed by atoms with Gasteiger partial charge in [-0.3, -0.25) is 0 Å². The second-order valence-electron chi connectivity index (χ2n) is 5.75. The van der Waals surface area contributed by atoms with E-state index in [1.54, 1.807) is 12.5 Å². The number of hydrogen-bond acceptors (Lipinski definition) is 2. The van der Waals surface area contributed by atoms with E-state index >= 15 is 0 Å². The highest BCUT2D eigenvalue weighted by Crippen LogP contribution is 2.25. The van der Waals surface area contributed by atoms with Crippen LogP contribution in [-0.4, -0.2) is 0 Å². The summed E-state index contributed by atoms with van der Waals surface area (Å²) in [4.78, 5) is 0. The van der Waals surface area contributed by atoms with Gasteiger partial charge >= 0.3 is 0 Å². The Morgan fingerprint density at radius 1 is 1.06 bits per heavy atom. The maximum absolute atomic E-state index is 5.10. The summed E-state index contributed by atoms with van der Waals surface area (Å²) in [5, 5.41) is 3.46. The molecule has 0 amide bonds. The van der Waals surface area contributed by atoms with Crippen LogP contribution >= 0.6 is 0 Å². The molecule has 0 spiro atoms. The third-order valence-electron chi connectivity index (χ3n) is 3.18. The lowest BCUT2D eigenvalue weighted by Crippen LogP contribution is -2.11. The van der Waals surface area contributed by atoms with Gasteiger partial charge in [0.1, 0.15) is 0 Å². The molecule has 2 rings (SSSR count). The highest BCUT2D eigenvalue weighted by Gasteiger charge is 2.13. The average molecular weight is 243 g/mol. The van der Waals surface area contributed by atoms with Crippen molar-refractivity contribution in [2.75, 3.05) is 5.32 Å². The number of benzene rings is 1. The van der Waals surface area contributed by atoms with Crippen LogP contribution in [0, 0.1) is 0 Å². The van der Waals surface area contributed by atoms with Crippen LogP contribution in [-0.2, 0) is 5.41 Å². The van der Waals surface area contributed by atoms with E-state index in [-0.39, 0.29) is 11.5 Å². The third kappa shape index (κ3) is 2.95. The molecule has 0 aliphatic rings. The Morgan fingerprint density at radius 2 is 1.72 bits per heavy atom. The largest absolute Gasteiger partial charge is 0.472 e. The van der Waals surface area contributed by atoms with Crippen LogP contribution < -0.4 is 5.32 Å². The van der Waals surface area contributed by atoms with Crippen molar-refractivity contribution < 1.29 is 4.42 Å². The van der Waals surface area contributed by atoms with E-state index in [0.29, 0.717) is 0 Å². The molecule has 0 saturated carbocycles. The minimum Gasteiger partial charge on any atom is -0.472 e. The number of nitrogens with one attached hydrogen (secondary N) is 1. The Kier molecular flexibility index (Phi) is 3.46. The lowest BCUT2D eigenvalue weighted by Gasteiger charge is -2.20. The first-order valence-corrected chi connectivity index (χ1v) is 6.36. The Labute approximate surface area is 109 Å². The van der Waals surface area contributed by atoms with Gasteiger partial charge in [-0.2, -0.15) is 0 Å². The zero-order valence-corrected chi connectivity index (χ0v) is 11.5. The van der Waals surface area contributed by atoms with Gasteiger partial charge in [-0.25, -0.2) is 0 Å². The van der Waals surface area contributed by atoms with Gasteiger partial charge in [0.05, 0.1) is 18.6 Å². The molecule has 1 unspecified atom stereocenters. The summed E-state index contributed by atoms with van der Waals surface area (Å²) in [5.41, 5.74) is 3.85. The third-order valence-corrected chi connectivity index (χ3v) is 3.18. The fourth-order valence-electron chi connectivity index (χ4n) is 1.92. The fourth-order valence-corrected chi connectivity index (χ4v) is 1.92. The predicted molar refractivity (Wildman–Crippen MR) is 75.9 cm³/mol. The van der Waals surface area contributed by atoms with Gasteiger partial charge in [0.2, 0.25) is 0 Å². The van der Waals surface area contributed by atoms with E-state index in [4.69, 9.17) is 4.42 Å². The Bertz CT molecular complexity index is 477. The summed E-state index contributed by atoms with van der Waals surface area (Å²) in [7, 11) is 0. The Hall–Kier alpha value is -1.70. The van der Waals surface area contributed by atoms with Crippen LogP contribution in [0.3, 0.4) is 0 Å². The quantitative estimate of drug-likeness (QED) is 0.841. The molecule has 0 aliphatic carbocycles. The molecule has 0 saturated heterocycles. The lowest BCUT2D eigenvalue weighted by atomic mass is 9.87. The second-order valence-corrected chi connectivity index (χ2v) is 5.75. The Morgan fingerprint density at radius 3 is 2.22 bits per heavy atom. The van der Waals surface area contributed by atoms with Crippen LogP contribution in [0.4, 0.5) is 5.69 Å². The molecule has 0 fully saturated rings. The van der Waals surface area contributed by atoms with Gasteiger partial charge in [0, 0.05) is 11.3 Å². The smallest absolute Gasteiger partial charge is 0.0955 e. The molecular weight excluding hydrogens is 222 g/mol. The van der Waals surface area contributed by atoms with E-state index in [9.17, 15) is 0 Å². The summed E-state index contributed by atoms with van der Waals surface area (Å²) in [6.07, 6.45) is 3.48. The van der Waals surface area contributed by atoms with E-state index < -0.39 is 0 Å². The van der Waals surface area contributed by atoms with E-state index in [1.807, 2.05) is 6.07 Å². The average Bonchev–Trinajstić information content (AvgIpc) is 2.82. The molecule has 1 atom stereocenters.